The molecular weight excluding hydrogens is 441 g/mol. The SMILES string of the molecule is CN=C(NCCC(=O)N(C)C)NCCC(C)N(C)Cc1ccccc1.I. The third-order valence-electron chi connectivity index (χ3n) is 4.24. The van der Waals surface area contributed by atoms with E-state index in [0.29, 0.717) is 19.0 Å². The number of carbonyl (C=O) groups is 1. The second kappa shape index (κ2) is 13.8. The number of amides is 1. The van der Waals surface area contributed by atoms with Crippen LogP contribution in [0.1, 0.15) is 25.3 Å². The summed E-state index contributed by atoms with van der Waals surface area (Å²) in [7, 11) is 7.43. The molecule has 1 aromatic carbocycles. The highest BCUT2D eigenvalue weighted by atomic mass is 127. The highest BCUT2D eigenvalue weighted by molar-refractivity contribution is 14.0. The molecule has 148 valence electrons. The molecule has 2 N–H and O–H groups in total. The minimum atomic E-state index is 0. The normalized spacial score (nSPS) is 12.3. The molecule has 1 aromatic rings. The maximum Gasteiger partial charge on any atom is 0.223 e. The molecule has 0 saturated heterocycles. The fraction of sp³-hybridized carbons (Fsp3) is 0.579. The van der Waals surface area contributed by atoms with Crippen LogP contribution >= 0.6 is 24.0 Å². The monoisotopic (exact) mass is 475 g/mol. The van der Waals surface area contributed by atoms with E-state index in [2.05, 4.69) is 58.8 Å². The zero-order chi connectivity index (χ0) is 18.7. The standard InChI is InChI=1S/C19H33N5O.HI/c1-16(24(5)15-17-9-7-6-8-10-17)11-13-21-19(20-2)22-14-12-18(25)23(3)4;/h6-10,16H,11-15H2,1-5H3,(H2,20,21,22);1H. The fourth-order valence-corrected chi connectivity index (χ4v) is 2.38. The van der Waals surface area contributed by atoms with E-state index in [1.165, 1.54) is 5.56 Å². The summed E-state index contributed by atoms with van der Waals surface area (Å²) in [5.74, 6) is 0.851. The van der Waals surface area contributed by atoms with Gasteiger partial charge in [0.15, 0.2) is 5.96 Å². The molecule has 0 bridgehead atoms. The lowest BCUT2D eigenvalue weighted by molar-refractivity contribution is -0.128. The first-order valence-corrected chi connectivity index (χ1v) is 8.83. The first-order valence-electron chi connectivity index (χ1n) is 8.83. The molecule has 0 heterocycles. The first kappa shape index (κ1) is 24.7. The predicted molar refractivity (Wildman–Crippen MR) is 120 cm³/mol. The molecule has 1 rings (SSSR count). The molecule has 1 unspecified atom stereocenters. The first-order chi connectivity index (χ1) is 11.9. The molecule has 0 saturated carbocycles. The molecule has 1 amide bonds. The topological polar surface area (TPSA) is 60.0 Å². The summed E-state index contributed by atoms with van der Waals surface area (Å²) < 4.78 is 0. The van der Waals surface area contributed by atoms with Crippen molar-refractivity contribution in [1.82, 2.24) is 20.4 Å². The fourth-order valence-electron chi connectivity index (χ4n) is 2.38. The van der Waals surface area contributed by atoms with Crippen LogP contribution in [0.25, 0.3) is 0 Å². The van der Waals surface area contributed by atoms with Crippen molar-refractivity contribution < 1.29 is 4.79 Å². The van der Waals surface area contributed by atoms with E-state index in [0.717, 1.165) is 25.5 Å². The molecular formula is C19H34IN5O. The smallest absolute Gasteiger partial charge is 0.223 e. The van der Waals surface area contributed by atoms with Crippen molar-refractivity contribution in [2.24, 2.45) is 4.99 Å². The lowest BCUT2D eigenvalue weighted by atomic mass is 10.1. The largest absolute Gasteiger partial charge is 0.356 e. The van der Waals surface area contributed by atoms with Crippen molar-refractivity contribution in [2.75, 3.05) is 41.3 Å². The van der Waals surface area contributed by atoms with Gasteiger partial charge in [-0.2, -0.15) is 0 Å². The molecule has 0 radical (unpaired) electrons. The molecule has 0 aliphatic carbocycles. The average molecular weight is 475 g/mol. The van der Waals surface area contributed by atoms with Gasteiger partial charge in [-0.1, -0.05) is 30.3 Å². The summed E-state index contributed by atoms with van der Waals surface area (Å²) in [6.07, 6.45) is 1.48. The minimum Gasteiger partial charge on any atom is -0.356 e. The van der Waals surface area contributed by atoms with Crippen molar-refractivity contribution in [3.05, 3.63) is 35.9 Å². The Morgan fingerprint density at radius 3 is 2.31 bits per heavy atom. The van der Waals surface area contributed by atoms with Gasteiger partial charge in [0, 0.05) is 53.2 Å². The third kappa shape index (κ3) is 9.96. The van der Waals surface area contributed by atoms with Crippen LogP contribution in [0.3, 0.4) is 0 Å². The number of aliphatic imine (C=N–C) groups is 1. The Morgan fingerprint density at radius 2 is 1.73 bits per heavy atom. The van der Waals surface area contributed by atoms with Crippen LogP contribution in [0.4, 0.5) is 0 Å². The van der Waals surface area contributed by atoms with Gasteiger partial charge < -0.3 is 15.5 Å². The lowest BCUT2D eigenvalue weighted by Gasteiger charge is -2.25. The summed E-state index contributed by atoms with van der Waals surface area (Å²) in [5.41, 5.74) is 1.33. The van der Waals surface area contributed by atoms with Gasteiger partial charge in [0.2, 0.25) is 5.91 Å². The molecule has 26 heavy (non-hydrogen) atoms. The van der Waals surface area contributed by atoms with Gasteiger partial charge >= 0.3 is 0 Å². The Bertz CT molecular complexity index is 536. The third-order valence-corrected chi connectivity index (χ3v) is 4.24. The lowest BCUT2D eigenvalue weighted by Crippen LogP contribution is -2.41. The zero-order valence-electron chi connectivity index (χ0n) is 16.7. The number of hydrogen-bond acceptors (Lipinski definition) is 3. The number of benzene rings is 1. The van der Waals surface area contributed by atoms with Gasteiger partial charge in [-0.15, -0.1) is 24.0 Å². The van der Waals surface area contributed by atoms with E-state index in [4.69, 9.17) is 0 Å². The summed E-state index contributed by atoms with van der Waals surface area (Å²) in [5, 5.41) is 6.49. The number of nitrogens with one attached hydrogen (secondary N) is 2. The molecule has 6 nitrogen and oxygen atoms in total. The van der Waals surface area contributed by atoms with Gasteiger partial charge in [0.25, 0.3) is 0 Å². The van der Waals surface area contributed by atoms with Crippen LogP contribution in [-0.2, 0) is 11.3 Å². The van der Waals surface area contributed by atoms with E-state index < -0.39 is 0 Å². The molecule has 0 fully saturated rings. The van der Waals surface area contributed by atoms with Crippen molar-refractivity contribution in [3.63, 3.8) is 0 Å². The highest BCUT2D eigenvalue weighted by Crippen LogP contribution is 2.07. The van der Waals surface area contributed by atoms with E-state index in [1.54, 1.807) is 26.0 Å². The second-order valence-electron chi connectivity index (χ2n) is 6.50. The van der Waals surface area contributed by atoms with Crippen molar-refractivity contribution >= 4 is 35.8 Å². The van der Waals surface area contributed by atoms with Gasteiger partial charge in [-0.05, 0) is 26.0 Å². The van der Waals surface area contributed by atoms with Gasteiger partial charge in [-0.3, -0.25) is 14.7 Å². The van der Waals surface area contributed by atoms with Crippen LogP contribution in [0.2, 0.25) is 0 Å². The number of carbonyl (C=O) groups excluding carboxylic acids is 1. The van der Waals surface area contributed by atoms with Crippen molar-refractivity contribution in [3.8, 4) is 0 Å². The zero-order valence-corrected chi connectivity index (χ0v) is 19.0. The van der Waals surface area contributed by atoms with E-state index >= 15 is 0 Å². The Labute approximate surface area is 175 Å². The molecule has 0 aromatic heterocycles. The Balaban J connectivity index is 0.00000625. The summed E-state index contributed by atoms with van der Waals surface area (Å²) in [6, 6.07) is 11.0. The number of nitrogens with zero attached hydrogens (tertiary/aromatic N) is 3. The average Bonchev–Trinajstić information content (AvgIpc) is 2.60. The molecule has 1 atom stereocenters. The Kier molecular flexibility index (Phi) is 13.1. The number of halogens is 1. The van der Waals surface area contributed by atoms with Gasteiger partial charge in [-0.25, -0.2) is 0 Å². The summed E-state index contributed by atoms with van der Waals surface area (Å²) >= 11 is 0. The van der Waals surface area contributed by atoms with Crippen LogP contribution in [0.5, 0.6) is 0 Å². The maximum absolute atomic E-state index is 11.6. The molecule has 0 aliphatic heterocycles. The quantitative estimate of drug-likeness (QED) is 0.327. The number of guanidine groups is 1. The number of hydrogen-bond donors (Lipinski definition) is 2. The Morgan fingerprint density at radius 1 is 1.12 bits per heavy atom. The van der Waals surface area contributed by atoms with Crippen molar-refractivity contribution in [1.29, 1.82) is 0 Å². The summed E-state index contributed by atoms with van der Waals surface area (Å²) in [4.78, 5) is 19.7. The van der Waals surface area contributed by atoms with E-state index in [1.807, 2.05) is 6.07 Å². The van der Waals surface area contributed by atoms with Crippen molar-refractivity contribution in [2.45, 2.75) is 32.4 Å². The Hall–Kier alpha value is -1.35. The van der Waals surface area contributed by atoms with Crippen LogP contribution in [0.15, 0.2) is 35.3 Å². The predicted octanol–water partition coefficient (Wildman–Crippen LogP) is 2.16. The molecule has 0 spiro atoms. The van der Waals surface area contributed by atoms with E-state index in [-0.39, 0.29) is 29.9 Å². The van der Waals surface area contributed by atoms with E-state index in [9.17, 15) is 4.79 Å². The van der Waals surface area contributed by atoms with Crippen LogP contribution in [-0.4, -0.2) is 69.0 Å². The van der Waals surface area contributed by atoms with Gasteiger partial charge in [0.05, 0.1) is 0 Å². The minimum absolute atomic E-state index is 0. The van der Waals surface area contributed by atoms with Crippen LogP contribution < -0.4 is 10.6 Å². The maximum atomic E-state index is 11.6. The number of rotatable bonds is 9. The van der Waals surface area contributed by atoms with Crippen LogP contribution in [0, 0.1) is 0 Å². The second-order valence-corrected chi connectivity index (χ2v) is 6.50. The molecule has 0 aliphatic rings. The molecule has 7 heteroatoms. The summed E-state index contributed by atoms with van der Waals surface area (Å²) in [6.45, 7) is 4.60. The highest BCUT2D eigenvalue weighted by Gasteiger charge is 2.10. The van der Waals surface area contributed by atoms with Gasteiger partial charge in [0.1, 0.15) is 0 Å².